The molecule has 0 aromatic heterocycles. The Morgan fingerprint density at radius 3 is 1.94 bits per heavy atom. The van der Waals surface area contributed by atoms with Crippen LogP contribution in [0.15, 0.2) is 0 Å². The third-order valence-electron chi connectivity index (χ3n) is 2.13. The average molecular weight is 248 g/mol. The highest BCUT2D eigenvalue weighted by Gasteiger charge is 2.37. The molecule has 0 atom stereocenters. The Labute approximate surface area is 97.2 Å². The van der Waals surface area contributed by atoms with Gasteiger partial charge in [0, 0.05) is 5.92 Å². The molecular formula is C11H21O4P. The maximum absolute atomic E-state index is 12.3. The highest BCUT2D eigenvalue weighted by Crippen LogP contribution is 2.51. The molecule has 1 fully saturated rings. The number of rotatable bonds is 7. The molecule has 1 saturated carbocycles. The molecule has 4 nitrogen and oxygen atoms in total. The molecule has 5 heteroatoms. The normalized spacial score (nSPS) is 17.1. The van der Waals surface area contributed by atoms with E-state index in [2.05, 4.69) is 0 Å². The summed E-state index contributed by atoms with van der Waals surface area (Å²) in [6.07, 6.45) is 1.37. The molecule has 0 unspecified atom stereocenters. The first-order valence-corrected chi connectivity index (χ1v) is 7.54. The van der Waals surface area contributed by atoms with Crippen molar-refractivity contribution in [3.05, 3.63) is 0 Å². The Morgan fingerprint density at radius 2 is 1.62 bits per heavy atom. The molecule has 1 aliphatic rings. The van der Waals surface area contributed by atoms with Crippen LogP contribution >= 0.6 is 7.60 Å². The maximum atomic E-state index is 12.3. The van der Waals surface area contributed by atoms with Crippen LogP contribution in [0, 0.1) is 5.92 Å². The Kier molecular flexibility index (Phi) is 4.72. The van der Waals surface area contributed by atoms with Gasteiger partial charge in [-0.3, -0.25) is 9.36 Å². The van der Waals surface area contributed by atoms with Gasteiger partial charge in [0.2, 0.25) is 0 Å². The van der Waals surface area contributed by atoms with Gasteiger partial charge in [-0.25, -0.2) is 0 Å². The zero-order valence-electron chi connectivity index (χ0n) is 10.4. The van der Waals surface area contributed by atoms with Crippen molar-refractivity contribution < 1.29 is 18.4 Å². The van der Waals surface area contributed by atoms with E-state index in [1.54, 1.807) is 27.7 Å². The Hall–Kier alpha value is -0.180. The van der Waals surface area contributed by atoms with Gasteiger partial charge in [-0.2, -0.15) is 0 Å². The molecule has 0 aliphatic heterocycles. The lowest BCUT2D eigenvalue weighted by Gasteiger charge is -2.22. The molecule has 16 heavy (non-hydrogen) atoms. The van der Waals surface area contributed by atoms with Gasteiger partial charge in [-0.05, 0) is 40.5 Å². The SMILES string of the molecule is CC(C)OP(=O)(CC(=O)C1CC1)OC(C)C. The van der Waals surface area contributed by atoms with Crippen molar-refractivity contribution in [1.82, 2.24) is 0 Å². The number of hydrogen-bond acceptors (Lipinski definition) is 4. The minimum atomic E-state index is -3.25. The summed E-state index contributed by atoms with van der Waals surface area (Å²) in [6, 6.07) is 0. The molecule has 1 rings (SSSR count). The monoisotopic (exact) mass is 248 g/mol. The highest BCUT2D eigenvalue weighted by molar-refractivity contribution is 7.54. The number of carbonyl (C=O) groups excluding carboxylic acids is 1. The zero-order chi connectivity index (χ0) is 12.3. The van der Waals surface area contributed by atoms with Crippen molar-refractivity contribution in [2.75, 3.05) is 6.16 Å². The maximum Gasteiger partial charge on any atom is 0.338 e. The molecule has 1 aliphatic carbocycles. The molecule has 0 heterocycles. The van der Waals surface area contributed by atoms with Gasteiger partial charge in [0.25, 0.3) is 0 Å². The quantitative estimate of drug-likeness (QED) is 0.650. The first-order valence-electron chi connectivity index (χ1n) is 5.81. The van der Waals surface area contributed by atoms with Crippen molar-refractivity contribution in [3.8, 4) is 0 Å². The van der Waals surface area contributed by atoms with Crippen LogP contribution in [-0.2, 0) is 18.4 Å². The van der Waals surface area contributed by atoms with Crippen LogP contribution < -0.4 is 0 Å². The second-order valence-electron chi connectivity index (χ2n) is 4.82. The molecule has 0 amide bonds. The van der Waals surface area contributed by atoms with E-state index < -0.39 is 7.60 Å². The Balaban J connectivity index is 2.61. The predicted octanol–water partition coefficient (Wildman–Crippen LogP) is 3.01. The van der Waals surface area contributed by atoms with Gasteiger partial charge in [0.05, 0.1) is 12.2 Å². The fourth-order valence-electron chi connectivity index (χ4n) is 1.47. The fourth-order valence-corrected chi connectivity index (χ4v) is 3.59. The second-order valence-corrected chi connectivity index (χ2v) is 6.78. The van der Waals surface area contributed by atoms with E-state index >= 15 is 0 Å². The molecular weight excluding hydrogens is 227 g/mol. The molecule has 0 aromatic carbocycles. The summed E-state index contributed by atoms with van der Waals surface area (Å²) in [6.45, 7) is 7.16. The van der Waals surface area contributed by atoms with Gasteiger partial charge in [0.1, 0.15) is 11.9 Å². The van der Waals surface area contributed by atoms with Gasteiger partial charge >= 0.3 is 7.60 Å². The summed E-state index contributed by atoms with van der Waals surface area (Å²) in [5, 5.41) is 0. The van der Waals surface area contributed by atoms with Crippen LogP contribution in [0.2, 0.25) is 0 Å². The van der Waals surface area contributed by atoms with E-state index in [4.69, 9.17) is 9.05 Å². The third kappa shape index (κ3) is 4.77. The number of ketones is 1. The lowest BCUT2D eigenvalue weighted by atomic mass is 10.3. The average Bonchev–Trinajstić information content (AvgIpc) is 2.79. The van der Waals surface area contributed by atoms with Gasteiger partial charge in [0.15, 0.2) is 0 Å². The summed E-state index contributed by atoms with van der Waals surface area (Å²) >= 11 is 0. The largest absolute Gasteiger partial charge is 0.338 e. The lowest BCUT2D eigenvalue weighted by molar-refractivity contribution is -0.118. The summed E-state index contributed by atoms with van der Waals surface area (Å²) in [4.78, 5) is 11.7. The van der Waals surface area contributed by atoms with Crippen molar-refractivity contribution in [3.63, 3.8) is 0 Å². The predicted molar refractivity (Wildman–Crippen MR) is 62.6 cm³/mol. The van der Waals surface area contributed by atoms with E-state index in [0.717, 1.165) is 12.8 Å². The van der Waals surface area contributed by atoms with E-state index in [1.165, 1.54) is 0 Å². The topological polar surface area (TPSA) is 52.6 Å². The van der Waals surface area contributed by atoms with Crippen LogP contribution in [-0.4, -0.2) is 24.2 Å². The standard InChI is InChI=1S/C11H21O4P/c1-8(2)14-16(13,15-9(3)4)7-11(12)10-5-6-10/h8-10H,5-7H2,1-4H3. The molecule has 0 radical (unpaired) electrons. The third-order valence-corrected chi connectivity index (χ3v) is 4.31. The number of Topliss-reactive ketones (excluding diaryl/α,β-unsaturated/α-hetero) is 1. The van der Waals surface area contributed by atoms with Crippen molar-refractivity contribution in [1.29, 1.82) is 0 Å². The summed E-state index contributed by atoms with van der Waals surface area (Å²) < 4.78 is 22.9. The van der Waals surface area contributed by atoms with Crippen LogP contribution in [0.4, 0.5) is 0 Å². The van der Waals surface area contributed by atoms with Crippen LogP contribution in [0.3, 0.4) is 0 Å². The summed E-state index contributed by atoms with van der Waals surface area (Å²) in [5.74, 6) is 0.115. The fraction of sp³-hybridized carbons (Fsp3) is 0.909. The molecule has 0 bridgehead atoms. The zero-order valence-corrected chi connectivity index (χ0v) is 11.3. The minimum absolute atomic E-state index is 0.0182. The molecule has 0 saturated heterocycles. The molecule has 94 valence electrons. The van der Waals surface area contributed by atoms with Gasteiger partial charge in [-0.15, -0.1) is 0 Å². The van der Waals surface area contributed by atoms with Gasteiger partial charge < -0.3 is 9.05 Å². The summed E-state index contributed by atoms with van der Waals surface area (Å²) in [7, 11) is -3.25. The van der Waals surface area contributed by atoms with E-state index in [-0.39, 0.29) is 30.1 Å². The summed E-state index contributed by atoms with van der Waals surface area (Å²) in [5.41, 5.74) is 0. The van der Waals surface area contributed by atoms with Crippen LogP contribution in [0.5, 0.6) is 0 Å². The van der Waals surface area contributed by atoms with E-state index in [1.807, 2.05) is 0 Å². The minimum Gasteiger partial charge on any atom is -0.306 e. The van der Waals surface area contributed by atoms with Gasteiger partial charge in [-0.1, -0.05) is 0 Å². The van der Waals surface area contributed by atoms with E-state index in [9.17, 15) is 9.36 Å². The Morgan fingerprint density at radius 1 is 1.19 bits per heavy atom. The Bertz CT molecular complexity index is 280. The molecule has 0 aromatic rings. The molecule has 0 spiro atoms. The number of carbonyl (C=O) groups is 1. The first kappa shape index (κ1) is 13.9. The molecule has 0 N–H and O–H groups in total. The second kappa shape index (κ2) is 5.44. The first-order chi connectivity index (χ1) is 7.32. The van der Waals surface area contributed by atoms with Crippen molar-refractivity contribution >= 4 is 13.4 Å². The van der Waals surface area contributed by atoms with Crippen molar-refractivity contribution in [2.45, 2.75) is 52.7 Å². The van der Waals surface area contributed by atoms with Crippen molar-refractivity contribution in [2.24, 2.45) is 5.92 Å². The van der Waals surface area contributed by atoms with Crippen LogP contribution in [0.25, 0.3) is 0 Å². The highest BCUT2D eigenvalue weighted by atomic mass is 31.2. The number of hydrogen-bond donors (Lipinski definition) is 0. The van der Waals surface area contributed by atoms with E-state index in [0.29, 0.717) is 0 Å². The van der Waals surface area contributed by atoms with Crippen LogP contribution in [0.1, 0.15) is 40.5 Å². The lowest BCUT2D eigenvalue weighted by Crippen LogP contribution is -2.16. The smallest absolute Gasteiger partial charge is 0.306 e.